The fraction of sp³-hybridized carbons (Fsp3) is 0.778. The van der Waals surface area contributed by atoms with Gasteiger partial charge in [0.15, 0.2) is 5.82 Å². The summed E-state index contributed by atoms with van der Waals surface area (Å²) in [6.07, 6.45) is 2.46. The minimum atomic E-state index is -0.752. The monoisotopic (exact) mass is 365 g/mol. The van der Waals surface area contributed by atoms with Crippen LogP contribution in [-0.4, -0.2) is 88.7 Å². The maximum Gasteiger partial charge on any atom is 0.239 e. The molecule has 1 amide bonds. The molecule has 146 valence electrons. The number of likely N-dealkylation sites (tertiary alicyclic amines) is 1. The quantitative estimate of drug-likeness (QED) is 0.773. The minimum absolute atomic E-state index is 0.0712. The van der Waals surface area contributed by atoms with E-state index in [-0.39, 0.29) is 11.3 Å². The first-order valence-electron chi connectivity index (χ1n) is 9.32. The SMILES string of the molecule is Cn1ccc(NC(=O)CN2CC[C@](O)(CN3CCOCC3)C(C)(C)C2)n1. The molecule has 2 fully saturated rings. The summed E-state index contributed by atoms with van der Waals surface area (Å²) >= 11 is 0. The number of carbonyl (C=O) groups is 1. The number of morpholine rings is 1. The number of piperidine rings is 1. The number of amides is 1. The van der Waals surface area contributed by atoms with Gasteiger partial charge in [0, 0.05) is 57.4 Å². The zero-order valence-corrected chi connectivity index (χ0v) is 16.1. The van der Waals surface area contributed by atoms with Crippen LogP contribution in [0.15, 0.2) is 12.3 Å². The Kier molecular flexibility index (Phi) is 5.67. The van der Waals surface area contributed by atoms with Crippen molar-refractivity contribution in [3.8, 4) is 0 Å². The zero-order valence-electron chi connectivity index (χ0n) is 16.1. The zero-order chi connectivity index (χ0) is 18.8. The van der Waals surface area contributed by atoms with Crippen molar-refractivity contribution >= 4 is 11.7 Å². The van der Waals surface area contributed by atoms with E-state index in [1.165, 1.54) is 0 Å². The number of carbonyl (C=O) groups excluding carboxylic acids is 1. The van der Waals surface area contributed by atoms with Gasteiger partial charge in [-0.3, -0.25) is 19.3 Å². The van der Waals surface area contributed by atoms with E-state index >= 15 is 0 Å². The van der Waals surface area contributed by atoms with Crippen LogP contribution in [0, 0.1) is 5.41 Å². The van der Waals surface area contributed by atoms with E-state index < -0.39 is 5.60 Å². The third-order valence-electron chi connectivity index (χ3n) is 5.66. The summed E-state index contributed by atoms with van der Waals surface area (Å²) in [7, 11) is 1.82. The van der Waals surface area contributed by atoms with E-state index in [0.717, 1.165) is 26.3 Å². The number of hydrogen-bond acceptors (Lipinski definition) is 6. The van der Waals surface area contributed by atoms with Gasteiger partial charge in [-0.1, -0.05) is 13.8 Å². The lowest BCUT2D eigenvalue weighted by Crippen LogP contribution is -2.63. The van der Waals surface area contributed by atoms with Crippen LogP contribution in [0.2, 0.25) is 0 Å². The van der Waals surface area contributed by atoms with Gasteiger partial charge in [0.05, 0.1) is 25.4 Å². The van der Waals surface area contributed by atoms with Gasteiger partial charge in [0.1, 0.15) is 0 Å². The molecule has 0 bridgehead atoms. The molecule has 3 heterocycles. The summed E-state index contributed by atoms with van der Waals surface area (Å²) in [6, 6.07) is 1.78. The Hall–Kier alpha value is -1.48. The van der Waals surface area contributed by atoms with E-state index in [2.05, 4.69) is 34.1 Å². The molecule has 1 aromatic rings. The average Bonchev–Trinajstić information content (AvgIpc) is 2.97. The van der Waals surface area contributed by atoms with Crippen LogP contribution in [0.4, 0.5) is 5.82 Å². The molecule has 8 nitrogen and oxygen atoms in total. The standard InChI is InChI=1S/C18H31N5O3/c1-17(2)13-23(12-16(24)19-15-4-6-21(3)20-15)7-5-18(17,25)14-22-8-10-26-11-9-22/h4,6,25H,5,7-14H2,1-3H3,(H,19,20,24)/t18-/m0/s1. The molecule has 0 spiro atoms. The molecule has 2 saturated heterocycles. The van der Waals surface area contributed by atoms with Gasteiger partial charge < -0.3 is 15.2 Å². The van der Waals surface area contributed by atoms with Crippen molar-refractivity contribution in [1.82, 2.24) is 19.6 Å². The topological polar surface area (TPSA) is 82.9 Å². The minimum Gasteiger partial charge on any atom is -0.388 e. The Morgan fingerprint density at radius 2 is 2.04 bits per heavy atom. The Balaban J connectivity index is 1.54. The predicted octanol–water partition coefficient (Wildman–Crippen LogP) is 0.154. The van der Waals surface area contributed by atoms with E-state index in [0.29, 0.717) is 38.4 Å². The molecule has 3 rings (SSSR count). The van der Waals surface area contributed by atoms with E-state index in [1.807, 2.05) is 7.05 Å². The summed E-state index contributed by atoms with van der Waals surface area (Å²) in [6.45, 7) is 9.76. The molecule has 2 N–H and O–H groups in total. The second-order valence-corrected chi connectivity index (χ2v) is 8.19. The van der Waals surface area contributed by atoms with Crippen molar-refractivity contribution in [2.24, 2.45) is 12.5 Å². The number of anilines is 1. The Labute approximate surface area is 155 Å². The van der Waals surface area contributed by atoms with Crippen LogP contribution >= 0.6 is 0 Å². The first-order valence-corrected chi connectivity index (χ1v) is 9.32. The maximum absolute atomic E-state index is 12.3. The predicted molar refractivity (Wildman–Crippen MR) is 98.9 cm³/mol. The van der Waals surface area contributed by atoms with Gasteiger partial charge in [-0.05, 0) is 6.42 Å². The van der Waals surface area contributed by atoms with Crippen molar-refractivity contribution in [3.63, 3.8) is 0 Å². The lowest BCUT2D eigenvalue weighted by atomic mass is 9.69. The third kappa shape index (κ3) is 4.43. The van der Waals surface area contributed by atoms with E-state index in [4.69, 9.17) is 4.74 Å². The maximum atomic E-state index is 12.3. The fourth-order valence-corrected chi connectivity index (χ4v) is 3.89. The number of hydrogen-bond donors (Lipinski definition) is 2. The molecule has 1 aromatic heterocycles. The molecule has 0 radical (unpaired) electrons. The second-order valence-electron chi connectivity index (χ2n) is 8.19. The Morgan fingerprint density at radius 3 is 2.65 bits per heavy atom. The largest absolute Gasteiger partial charge is 0.388 e. The molecule has 0 saturated carbocycles. The third-order valence-corrected chi connectivity index (χ3v) is 5.66. The lowest BCUT2D eigenvalue weighted by Gasteiger charge is -2.52. The average molecular weight is 365 g/mol. The molecule has 26 heavy (non-hydrogen) atoms. The van der Waals surface area contributed by atoms with Gasteiger partial charge >= 0.3 is 0 Å². The first-order chi connectivity index (χ1) is 12.3. The van der Waals surface area contributed by atoms with Crippen LogP contribution in [-0.2, 0) is 16.6 Å². The smallest absolute Gasteiger partial charge is 0.239 e. The van der Waals surface area contributed by atoms with Gasteiger partial charge in [-0.25, -0.2) is 0 Å². The number of aromatic nitrogens is 2. The van der Waals surface area contributed by atoms with Crippen molar-refractivity contribution in [2.75, 3.05) is 57.8 Å². The van der Waals surface area contributed by atoms with Crippen molar-refractivity contribution in [3.05, 3.63) is 12.3 Å². The van der Waals surface area contributed by atoms with E-state index in [1.54, 1.807) is 16.9 Å². The van der Waals surface area contributed by atoms with Crippen LogP contribution in [0.25, 0.3) is 0 Å². The number of aliphatic hydroxyl groups is 1. The highest BCUT2D eigenvalue weighted by molar-refractivity contribution is 5.91. The van der Waals surface area contributed by atoms with Crippen LogP contribution in [0.1, 0.15) is 20.3 Å². The van der Waals surface area contributed by atoms with Crippen LogP contribution in [0.5, 0.6) is 0 Å². The van der Waals surface area contributed by atoms with Gasteiger partial charge in [-0.15, -0.1) is 0 Å². The Morgan fingerprint density at radius 1 is 1.31 bits per heavy atom. The number of rotatable bonds is 5. The molecule has 2 aliphatic rings. The molecule has 0 aromatic carbocycles. The second kappa shape index (κ2) is 7.64. The lowest BCUT2D eigenvalue weighted by molar-refractivity contribution is -0.143. The highest BCUT2D eigenvalue weighted by Crippen LogP contribution is 2.39. The highest BCUT2D eigenvalue weighted by Gasteiger charge is 2.48. The number of nitrogens with zero attached hydrogens (tertiary/aromatic N) is 4. The highest BCUT2D eigenvalue weighted by atomic mass is 16.5. The van der Waals surface area contributed by atoms with Gasteiger partial charge in [0.25, 0.3) is 0 Å². The first kappa shape index (κ1) is 19.3. The number of β-amino-alcohol motifs (C(OH)–C–C–N with tert-alkyl or cyclic N) is 1. The van der Waals surface area contributed by atoms with Gasteiger partial charge in [0.2, 0.25) is 5.91 Å². The number of ether oxygens (including phenoxy) is 1. The summed E-state index contributed by atoms with van der Waals surface area (Å²) in [5.74, 6) is 0.496. The molecular weight excluding hydrogens is 334 g/mol. The number of nitrogens with one attached hydrogen (secondary N) is 1. The number of aryl methyl sites for hydroxylation is 1. The van der Waals surface area contributed by atoms with Gasteiger partial charge in [-0.2, -0.15) is 5.10 Å². The summed E-state index contributed by atoms with van der Waals surface area (Å²) in [5, 5.41) is 18.3. The molecule has 1 atom stereocenters. The molecular formula is C18H31N5O3. The Bertz CT molecular complexity index is 626. The normalized spacial score (nSPS) is 27.4. The summed E-state index contributed by atoms with van der Waals surface area (Å²) in [5.41, 5.74) is -1.05. The van der Waals surface area contributed by atoms with Crippen LogP contribution < -0.4 is 5.32 Å². The van der Waals surface area contributed by atoms with Crippen molar-refractivity contribution < 1.29 is 14.6 Å². The fourth-order valence-electron chi connectivity index (χ4n) is 3.89. The van der Waals surface area contributed by atoms with Crippen LogP contribution in [0.3, 0.4) is 0 Å². The van der Waals surface area contributed by atoms with Crippen molar-refractivity contribution in [1.29, 1.82) is 0 Å². The van der Waals surface area contributed by atoms with Crippen molar-refractivity contribution in [2.45, 2.75) is 25.9 Å². The summed E-state index contributed by atoms with van der Waals surface area (Å²) in [4.78, 5) is 16.7. The van der Waals surface area contributed by atoms with E-state index in [9.17, 15) is 9.90 Å². The molecule has 2 aliphatic heterocycles. The molecule has 0 unspecified atom stereocenters. The molecule has 8 heteroatoms. The molecule has 0 aliphatic carbocycles. The summed E-state index contributed by atoms with van der Waals surface area (Å²) < 4.78 is 7.06.